The molecule has 0 atom stereocenters. The van der Waals surface area contributed by atoms with Crippen LogP contribution in [0.1, 0.15) is 20.7 Å². The van der Waals surface area contributed by atoms with Crippen molar-refractivity contribution < 1.29 is 28.7 Å². The summed E-state index contributed by atoms with van der Waals surface area (Å²) in [4.78, 5) is 41.3. The molecule has 0 saturated carbocycles. The second-order valence-corrected chi connectivity index (χ2v) is 9.18. The van der Waals surface area contributed by atoms with Crippen LogP contribution in [-0.2, 0) is 4.74 Å². The lowest BCUT2D eigenvalue weighted by atomic mass is 10.0. The highest BCUT2D eigenvalue weighted by atomic mass is 35.5. The van der Waals surface area contributed by atoms with Gasteiger partial charge in [0.25, 0.3) is 0 Å². The predicted molar refractivity (Wildman–Crippen MR) is 153 cm³/mol. The van der Waals surface area contributed by atoms with E-state index >= 15 is 0 Å². The fourth-order valence-electron chi connectivity index (χ4n) is 4.12. The molecule has 204 valence electrons. The number of esters is 1. The topological polar surface area (TPSA) is 118 Å². The van der Waals surface area contributed by atoms with Crippen molar-refractivity contribution in [2.24, 2.45) is 0 Å². The molecule has 0 spiro atoms. The molecule has 0 fully saturated rings. The van der Waals surface area contributed by atoms with E-state index in [-0.39, 0.29) is 33.3 Å². The van der Waals surface area contributed by atoms with Crippen LogP contribution in [0.15, 0.2) is 97.1 Å². The molecule has 0 radical (unpaired) electrons. The molecule has 0 amide bonds. The Bertz CT molecular complexity index is 1770. The Morgan fingerprint density at radius 2 is 1.61 bits per heavy atom. The van der Waals surface area contributed by atoms with Crippen molar-refractivity contribution in [1.29, 1.82) is 0 Å². The highest BCUT2D eigenvalue weighted by Crippen LogP contribution is 2.37. The van der Waals surface area contributed by atoms with Gasteiger partial charge in [0, 0.05) is 22.6 Å². The van der Waals surface area contributed by atoms with Gasteiger partial charge in [0.1, 0.15) is 11.5 Å². The van der Waals surface area contributed by atoms with Gasteiger partial charge in [0.2, 0.25) is 5.75 Å². The monoisotopic (exact) mass is 568 g/mol. The number of para-hydroxylation sites is 2. The maximum atomic E-state index is 13.1. The lowest BCUT2D eigenvalue weighted by Crippen LogP contribution is -2.15. The summed E-state index contributed by atoms with van der Waals surface area (Å²) in [5.74, 6) is -0.285. The van der Waals surface area contributed by atoms with Gasteiger partial charge in [-0.05, 0) is 66.7 Å². The number of nitro groups is 1. The van der Waals surface area contributed by atoms with E-state index in [0.29, 0.717) is 22.3 Å². The zero-order valence-corrected chi connectivity index (χ0v) is 22.3. The molecule has 0 bridgehead atoms. The number of aromatic nitrogens is 1. The number of hydrogen-bond acceptors (Lipinski definition) is 8. The van der Waals surface area contributed by atoms with Gasteiger partial charge in [-0.25, -0.2) is 9.78 Å². The number of pyridine rings is 1. The summed E-state index contributed by atoms with van der Waals surface area (Å²) in [5.41, 5.74) is 2.21. The molecule has 0 aliphatic heterocycles. The Labute approximate surface area is 239 Å². The molecule has 4 aromatic carbocycles. The first kappa shape index (κ1) is 27.3. The third-order valence-electron chi connectivity index (χ3n) is 6.20. The van der Waals surface area contributed by atoms with E-state index in [9.17, 15) is 19.7 Å². The van der Waals surface area contributed by atoms with Gasteiger partial charge in [-0.15, -0.1) is 0 Å². The number of nitro benzene ring substituents is 1. The SMILES string of the molecule is COc1ccc(-c2cc(C(=O)OCC(=O)c3ccc(Oc4c(Cl)cccc4[N+](=O)[O-])cc3)c3ccccc3n2)cc1. The van der Waals surface area contributed by atoms with Crippen LogP contribution in [0.4, 0.5) is 5.69 Å². The molecule has 5 aromatic rings. The Morgan fingerprint density at radius 1 is 0.902 bits per heavy atom. The number of halogens is 1. The van der Waals surface area contributed by atoms with Gasteiger partial charge in [0.15, 0.2) is 12.4 Å². The normalized spacial score (nSPS) is 10.7. The third kappa shape index (κ3) is 6.00. The average Bonchev–Trinajstić information content (AvgIpc) is 3.00. The number of fused-ring (bicyclic) bond motifs is 1. The van der Waals surface area contributed by atoms with Crippen LogP contribution in [0.25, 0.3) is 22.2 Å². The van der Waals surface area contributed by atoms with E-state index in [4.69, 9.17) is 25.8 Å². The standard InChI is InChI=1S/C31H21ClN2O7/c1-39-21-13-9-19(10-14-21)27-17-24(23-5-2-3-7-26(23)33-27)31(36)40-18-29(35)20-11-15-22(16-12-20)41-30-25(32)6-4-8-28(30)34(37)38/h2-17H,18H2,1H3. The first-order valence-electron chi connectivity index (χ1n) is 12.3. The maximum absolute atomic E-state index is 13.1. The molecular weight excluding hydrogens is 548 g/mol. The van der Waals surface area contributed by atoms with Crippen LogP contribution in [0.3, 0.4) is 0 Å². The van der Waals surface area contributed by atoms with Gasteiger partial charge in [-0.1, -0.05) is 35.9 Å². The van der Waals surface area contributed by atoms with Crippen molar-refractivity contribution in [3.8, 4) is 28.5 Å². The van der Waals surface area contributed by atoms with Crippen molar-refractivity contribution in [1.82, 2.24) is 4.98 Å². The van der Waals surface area contributed by atoms with Crippen molar-refractivity contribution in [3.63, 3.8) is 0 Å². The lowest BCUT2D eigenvalue weighted by Gasteiger charge is -2.11. The molecule has 0 saturated heterocycles. The van der Waals surface area contributed by atoms with Crippen LogP contribution in [0, 0.1) is 10.1 Å². The number of hydrogen-bond donors (Lipinski definition) is 0. The second-order valence-electron chi connectivity index (χ2n) is 8.77. The molecule has 10 heteroatoms. The summed E-state index contributed by atoms with van der Waals surface area (Å²) in [6.07, 6.45) is 0. The van der Waals surface area contributed by atoms with Gasteiger partial charge < -0.3 is 14.2 Å². The number of methoxy groups -OCH3 is 1. The highest BCUT2D eigenvalue weighted by molar-refractivity contribution is 6.32. The quantitative estimate of drug-likeness (QED) is 0.0786. The molecular formula is C31H21ClN2O7. The average molecular weight is 569 g/mol. The summed E-state index contributed by atoms with van der Waals surface area (Å²) in [5, 5.41) is 12.0. The molecule has 0 aliphatic carbocycles. The second kappa shape index (κ2) is 11.8. The Hall–Kier alpha value is -5.28. The van der Waals surface area contributed by atoms with E-state index in [1.54, 1.807) is 43.5 Å². The summed E-state index contributed by atoms with van der Waals surface area (Å²) < 4.78 is 16.2. The minimum Gasteiger partial charge on any atom is -0.497 e. The van der Waals surface area contributed by atoms with E-state index in [1.165, 1.54) is 42.5 Å². The van der Waals surface area contributed by atoms with Crippen molar-refractivity contribution in [2.45, 2.75) is 0 Å². The number of nitrogens with zero attached hydrogens (tertiary/aromatic N) is 2. The zero-order valence-electron chi connectivity index (χ0n) is 21.6. The number of rotatable bonds is 9. The fourth-order valence-corrected chi connectivity index (χ4v) is 4.32. The molecule has 41 heavy (non-hydrogen) atoms. The van der Waals surface area contributed by atoms with Crippen LogP contribution in [0.5, 0.6) is 17.2 Å². The number of Topliss-reactive ketones (excluding diaryl/α,β-unsaturated/α-hetero) is 1. The van der Waals surface area contributed by atoms with Gasteiger partial charge in [-0.3, -0.25) is 14.9 Å². The number of ketones is 1. The molecule has 9 nitrogen and oxygen atoms in total. The number of carbonyl (C=O) groups excluding carboxylic acids is 2. The predicted octanol–water partition coefficient (Wildman–Crippen LogP) is 7.30. The Balaban J connectivity index is 1.31. The summed E-state index contributed by atoms with van der Waals surface area (Å²) in [7, 11) is 1.58. The van der Waals surface area contributed by atoms with E-state index < -0.39 is 23.3 Å². The molecule has 0 aliphatic rings. The van der Waals surface area contributed by atoms with Crippen molar-refractivity contribution in [3.05, 3.63) is 123 Å². The fraction of sp³-hybridized carbons (Fsp3) is 0.0645. The largest absolute Gasteiger partial charge is 0.497 e. The van der Waals surface area contributed by atoms with Crippen LogP contribution >= 0.6 is 11.6 Å². The van der Waals surface area contributed by atoms with Gasteiger partial charge >= 0.3 is 11.7 Å². The molecule has 0 N–H and O–H groups in total. The Kier molecular flexibility index (Phi) is 7.89. The summed E-state index contributed by atoms with van der Waals surface area (Å²) >= 11 is 6.08. The van der Waals surface area contributed by atoms with E-state index in [0.717, 1.165) is 5.56 Å². The zero-order chi connectivity index (χ0) is 28.9. The highest BCUT2D eigenvalue weighted by Gasteiger charge is 2.20. The van der Waals surface area contributed by atoms with Gasteiger partial charge in [-0.2, -0.15) is 0 Å². The third-order valence-corrected chi connectivity index (χ3v) is 6.49. The number of ether oxygens (including phenoxy) is 3. The first-order valence-corrected chi connectivity index (χ1v) is 12.7. The molecule has 1 heterocycles. The molecule has 0 unspecified atom stereocenters. The lowest BCUT2D eigenvalue weighted by molar-refractivity contribution is -0.385. The minimum atomic E-state index is -0.669. The smallest absolute Gasteiger partial charge is 0.339 e. The summed E-state index contributed by atoms with van der Waals surface area (Å²) in [6, 6.07) is 26.2. The number of benzene rings is 4. The van der Waals surface area contributed by atoms with E-state index in [1.807, 2.05) is 18.2 Å². The maximum Gasteiger partial charge on any atom is 0.339 e. The van der Waals surface area contributed by atoms with Crippen LogP contribution in [-0.4, -0.2) is 35.4 Å². The van der Waals surface area contributed by atoms with Crippen LogP contribution < -0.4 is 9.47 Å². The molecule has 1 aromatic heterocycles. The van der Waals surface area contributed by atoms with E-state index in [2.05, 4.69) is 4.98 Å². The Morgan fingerprint density at radius 3 is 2.32 bits per heavy atom. The van der Waals surface area contributed by atoms with Gasteiger partial charge in [0.05, 0.1) is 33.8 Å². The number of carbonyl (C=O) groups is 2. The van der Waals surface area contributed by atoms with Crippen molar-refractivity contribution >= 4 is 39.9 Å². The first-order chi connectivity index (χ1) is 19.8. The van der Waals surface area contributed by atoms with Crippen molar-refractivity contribution in [2.75, 3.05) is 13.7 Å². The minimum absolute atomic E-state index is 0.0741. The molecule has 5 rings (SSSR count). The summed E-state index contributed by atoms with van der Waals surface area (Å²) in [6.45, 7) is -0.496. The van der Waals surface area contributed by atoms with Crippen LogP contribution in [0.2, 0.25) is 5.02 Å².